The molecule has 0 heterocycles. The maximum absolute atomic E-state index is 12.1. The molecule has 0 fully saturated rings. The highest BCUT2D eigenvalue weighted by Gasteiger charge is 2.07. The lowest BCUT2D eigenvalue weighted by atomic mass is 10.0. The minimum Gasteiger partial charge on any atom is -0.483 e. The second-order valence-corrected chi connectivity index (χ2v) is 8.43. The molecule has 0 radical (unpaired) electrons. The molecule has 3 aromatic carbocycles. The lowest BCUT2D eigenvalue weighted by molar-refractivity contribution is -0.123. The van der Waals surface area contributed by atoms with E-state index in [-0.39, 0.29) is 11.7 Å². The zero-order valence-corrected chi connectivity index (χ0v) is 20.0. The summed E-state index contributed by atoms with van der Waals surface area (Å²) in [6, 6.07) is 19.1. The van der Waals surface area contributed by atoms with Crippen LogP contribution in [0.3, 0.4) is 0 Å². The third-order valence-corrected chi connectivity index (χ3v) is 5.36. The number of hydrogen-bond donors (Lipinski definition) is 3. The van der Waals surface area contributed by atoms with Crippen molar-refractivity contribution in [1.82, 2.24) is 16.2 Å². The number of benzene rings is 3. The summed E-state index contributed by atoms with van der Waals surface area (Å²) < 4.78 is 7.02. The van der Waals surface area contributed by atoms with E-state index < -0.39 is 11.8 Å². The van der Waals surface area contributed by atoms with Crippen molar-refractivity contribution in [2.75, 3.05) is 6.61 Å². The number of nitrogens with one attached hydrogen (secondary N) is 3. The summed E-state index contributed by atoms with van der Waals surface area (Å²) >= 11 is 11.7. The first kappa shape index (κ1) is 22.9. The van der Waals surface area contributed by atoms with Gasteiger partial charge in [0.2, 0.25) is 5.91 Å². The van der Waals surface area contributed by atoms with Gasteiger partial charge in [0.1, 0.15) is 5.75 Å². The molecule has 2 amide bonds. The van der Waals surface area contributed by atoms with Crippen LogP contribution in [-0.4, -0.2) is 23.5 Å². The van der Waals surface area contributed by atoms with E-state index in [1.165, 1.54) is 6.08 Å². The van der Waals surface area contributed by atoms with Crippen LogP contribution >= 0.6 is 44.1 Å². The van der Waals surface area contributed by atoms with Crippen molar-refractivity contribution in [3.05, 3.63) is 81.2 Å². The average molecular weight is 563 g/mol. The zero-order valence-electron chi connectivity index (χ0n) is 16.0. The van der Waals surface area contributed by atoms with Crippen LogP contribution in [0.5, 0.6) is 5.75 Å². The van der Waals surface area contributed by atoms with Gasteiger partial charge in [-0.25, -0.2) is 0 Å². The minimum absolute atomic E-state index is 0.0364. The van der Waals surface area contributed by atoms with Gasteiger partial charge < -0.3 is 4.74 Å². The smallest absolute Gasteiger partial charge is 0.276 e. The van der Waals surface area contributed by atoms with Gasteiger partial charge in [-0.1, -0.05) is 58.4 Å². The Kier molecular flexibility index (Phi) is 8.16. The third-order valence-electron chi connectivity index (χ3n) is 4.04. The van der Waals surface area contributed by atoms with Gasteiger partial charge >= 0.3 is 0 Å². The van der Waals surface area contributed by atoms with Crippen molar-refractivity contribution in [2.45, 2.75) is 0 Å². The van der Waals surface area contributed by atoms with Crippen LogP contribution in [0, 0.1) is 0 Å². The molecule has 31 heavy (non-hydrogen) atoms. The molecule has 3 N–H and O–H groups in total. The van der Waals surface area contributed by atoms with E-state index in [4.69, 9.17) is 17.0 Å². The van der Waals surface area contributed by atoms with E-state index in [0.717, 1.165) is 20.8 Å². The standard InChI is InChI=1S/C22H17Br2N3O3S/c23-16-9-10-19(18(24)12-16)30-13-21(29)26-27-22(31)25-20(28)11-8-15-6-3-5-14-4-1-2-7-17(14)15/h1-12H,13H2,(H,26,29)(H2,25,27,28,31)/b11-8+. The molecule has 158 valence electrons. The summed E-state index contributed by atoms with van der Waals surface area (Å²) in [4.78, 5) is 24.0. The Morgan fingerprint density at radius 3 is 2.58 bits per heavy atom. The predicted octanol–water partition coefficient (Wildman–Crippen LogP) is 4.48. The van der Waals surface area contributed by atoms with Crippen LogP contribution in [0.15, 0.2) is 75.7 Å². The van der Waals surface area contributed by atoms with Gasteiger partial charge in [0.05, 0.1) is 4.47 Å². The van der Waals surface area contributed by atoms with Crippen LogP contribution in [0.25, 0.3) is 16.8 Å². The Balaban J connectivity index is 1.45. The quantitative estimate of drug-likeness (QED) is 0.243. The number of carbonyl (C=O) groups excluding carboxylic acids is 2. The normalized spacial score (nSPS) is 10.6. The number of fused-ring (bicyclic) bond motifs is 1. The van der Waals surface area contributed by atoms with E-state index in [0.29, 0.717) is 10.2 Å². The molecular weight excluding hydrogens is 546 g/mol. The summed E-state index contributed by atoms with van der Waals surface area (Å²) in [5.74, 6) is -0.361. The molecule has 3 rings (SSSR count). The fraction of sp³-hybridized carbons (Fsp3) is 0.0455. The molecule has 0 saturated carbocycles. The summed E-state index contributed by atoms with van der Waals surface area (Å²) in [6.45, 7) is -0.231. The fourth-order valence-corrected chi connectivity index (χ4v) is 3.96. The predicted molar refractivity (Wildman–Crippen MR) is 132 cm³/mol. The van der Waals surface area contributed by atoms with E-state index in [1.807, 2.05) is 48.5 Å². The molecule has 0 unspecified atom stereocenters. The van der Waals surface area contributed by atoms with Crippen molar-refractivity contribution in [1.29, 1.82) is 0 Å². The van der Waals surface area contributed by atoms with Crippen molar-refractivity contribution in [3.8, 4) is 5.75 Å². The van der Waals surface area contributed by atoms with Gasteiger partial charge in [-0.05, 0) is 68.8 Å². The van der Waals surface area contributed by atoms with E-state index in [2.05, 4.69) is 48.0 Å². The Morgan fingerprint density at radius 2 is 1.77 bits per heavy atom. The highest BCUT2D eigenvalue weighted by molar-refractivity contribution is 9.11. The largest absolute Gasteiger partial charge is 0.483 e. The maximum atomic E-state index is 12.1. The number of hydrogen-bond acceptors (Lipinski definition) is 4. The fourth-order valence-electron chi connectivity index (χ4n) is 2.64. The Morgan fingerprint density at radius 1 is 1.00 bits per heavy atom. The monoisotopic (exact) mass is 561 g/mol. The lowest BCUT2D eigenvalue weighted by Gasteiger charge is -2.11. The van der Waals surface area contributed by atoms with Crippen LogP contribution in [0.4, 0.5) is 0 Å². The second-order valence-electron chi connectivity index (χ2n) is 6.26. The van der Waals surface area contributed by atoms with E-state index >= 15 is 0 Å². The molecule has 9 heteroatoms. The first-order valence-corrected chi connectivity index (χ1v) is 11.1. The first-order valence-electron chi connectivity index (χ1n) is 9.06. The molecule has 0 aliphatic carbocycles. The van der Waals surface area contributed by atoms with Crippen LogP contribution in [0.2, 0.25) is 0 Å². The average Bonchev–Trinajstić information content (AvgIpc) is 2.75. The highest BCUT2D eigenvalue weighted by Crippen LogP contribution is 2.28. The molecule has 6 nitrogen and oxygen atoms in total. The van der Waals surface area contributed by atoms with Crippen LogP contribution in [-0.2, 0) is 9.59 Å². The Hall–Kier alpha value is -2.75. The summed E-state index contributed by atoms with van der Waals surface area (Å²) in [5.41, 5.74) is 5.75. The number of ether oxygens (including phenoxy) is 1. The highest BCUT2D eigenvalue weighted by atomic mass is 79.9. The SMILES string of the molecule is O=C(/C=C/c1cccc2ccccc12)NC(=S)NNC(=O)COc1ccc(Br)cc1Br. The topological polar surface area (TPSA) is 79.5 Å². The number of carbonyl (C=O) groups is 2. The van der Waals surface area contributed by atoms with Crippen LogP contribution < -0.4 is 20.9 Å². The molecule has 0 aromatic heterocycles. The number of halogens is 2. The number of rotatable bonds is 5. The van der Waals surface area contributed by atoms with Gasteiger partial charge in [0.25, 0.3) is 5.91 Å². The van der Waals surface area contributed by atoms with Crippen molar-refractivity contribution < 1.29 is 14.3 Å². The van der Waals surface area contributed by atoms with Gasteiger partial charge in [-0.3, -0.25) is 25.8 Å². The summed E-state index contributed by atoms with van der Waals surface area (Å²) in [6.07, 6.45) is 3.09. The number of amides is 2. The summed E-state index contributed by atoms with van der Waals surface area (Å²) in [5, 5.41) is 4.56. The number of hydrazine groups is 1. The first-order chi connectivity index (χ1) is 14.9. The maximum Gasteiger partial charge on any atom is 0.276 e. The Bertz CT molecular complexity index is 1160. The van der Waals surface area contributed by atoms with Gasteiger partial charge in [0.15, 0.2) is 11.7 Å². The van der Waals surface area contributed by atoms with Crippen molar-refractivity contribution >= 4 is 77.9 Å². The molecule has 0 bridgehead atoms. The van der Waals surface area contributed by atoms with Gasteiger partial charge in [0, 0.05) is 10.5 Å². The second kappa shape index (κ2) is 11.0. The molecule has 3 aromatic rings. The van der Waals surface area contributed by atoms with Crippen molar-refractivity contribution in [2.24, 2.45) is 0 Å². The summed E-state index contributed by atoms with van der Waals surface area (Å²) in [7, 11) is 0. The van der Waals surface area contributed by atoms with E-state index in [9.17, 15) is 9.59 Å². The molecule has 0 aliphatic heterocycles. The molecule has 0 spiro atoms. The number of thiocarbonyl (C=S) groups is 1. The molecular formula is C22H17Br2N3O3S. The third kappa shape index (κ3) is 6.88. The van der Waals surface area contributed by atoms with E-state index in [1.54, 1.807) is 18.2 Å². The Labute approximate surface area is 201 Å². The lowest BCUT2D eigenvalue weighted by Crippen LogP contribution is -2.49. The molecule has 0 aliphatic rings. The minimum atomic E-state index is -0.460. The molecule has 0 saturated heterocycles. The molecule has 0 atom stereocenters. The van der Waals surface area contributed by atoms with Crippen molar-refractivity contribution in [3.63, 3.8) is 0 Å². The van der Waals surface area contributed by atoms with Gasteiger partial charge in [-0.15, -0.1) is 0 Å². The van der Waals surface area contributed by atoms with Gasteiger partial charge in [-0.2, -0.15) is 0 Å². The van der Waals surface area contributed by atoms with Crippen LogP contribution in [0.1, 0.15) is 5.56 Å². The zero-order chi connectivity index (χ0) is 22.2.